The van der Waals surface area contributed by atoms with Gasteiger partial charge in [-0.15, -0.1) is 0 Å². The summed E-state index contributed by atoms with van der Waals surface area (Å²) < 4.78 is 26.4. The van der Waals surface area contributed by atoms with E-state index in [4.69, 9.17) is 0 Å². The standard InChI is InChI=1S/C4H10FO2P.Ir/c1-4(2)7-8(3,5)6;/h4H,1-3H3;. The second-order valence-electron chi connectivity index (χ2n) is 1.90. The van der Waals surface area contributed by atoms with Crippen molar-refractivity contribution in [3.05, 3.63) is 0 Å². The Bertz CT molecular complexity index is 111. The van der Waals surface area contributed by atoms with Gasteiger partial charge < -0.3 is 4.52 Å². The molecule has 5 heteroatoms. The smallest absolute Gasteiger partial charge is 0.303 e. The molecule has 1 atom stereocenters. The third kappa shape index (κ3) is 12.1. The van der Waals surface area contributed by atoms with E-state index in [0.717, 1.165) is 6.66 Å². The molecule has 0 aliphatic heterocycles. The molecule has 0 N–H and O–H groups in total. The molecular formula is C4H10FIrO2P. The van der Waals surface area contributed by atoms with E-state index in [1.807, 2.05) is 0 Å². The van der Waals surface area contributed by atoms with Gasteiger partial charge in [0.25, 0.3) is 0 Å². The Balaban J connectivity index is 0. The van der Waals surface area contributed by atoms with Crippen molar-refractivity contribution < 1.29 is 33.4 Å². The number of hydrogen-bond acceptors (Lipinski definition) is 2. The Morgan fingerprint density at radius 3 is 1.89 bits per heavy atom. The van der Waals surface area contributed by atoms with Crippen LogP contribution in [0.1, 0.15) is 13.8 Å². The predicted molar refractivity (Wildman–Crippen MR) is 30.9 cm³/mol. The molecule has 0 heterocycles. The molecule has 0 spiro atoms. The first-order valence-electron chi connectivity index (χ1n) is 2.37. The molecule has 0 rings (SSSR count). The second kappa shape index (κ2) is 4.56. The Labute approximate surface area is 68.1 Å². The maximum atomic E-state index is 12.0. The summed E-state index contributed by atoms with van der Waals surface area (Å²) in [6, 6.07) is 0. The zero-order valence-electron chi connectivity index (χ0n) is 5.55. The first kappa shape index (κ1) is 12.4. The molecule has 0 saturated heterocycles. The van der Waals surface area contributed by atoms with Crippen LogP contribution in [0.15, 0.2) is 0 Å². The first-order valence-corrected chi connectivity index (χ1v) is 4.33. The fourth-order valence-corrected chi connectivity index (χ4v) is 1.13. The van der Waals surface area contributed by atoms with Gasteiger partial charge in [-0.2, -0.15) is 4.20 Å². The fourth-order valence-electron chi connectivity index (χ4n) is 0.377. The van der Waals surface area contributed by atoms with Crippen molar-refractivity contribution in [3.63, 3.8) is 0 Å². The summed E-state index contributed by atoms with van der Waals surface area (Å²) in [5.74, 6) is 0. The van der Waals surface area contributed by atoms with Crippen molar-refractivity contribution in [1.29, 1.82) is 0 Å². The van der Waals surface area contributed by atoms with E-state index >= 15 is 0 Å². The summed E-state index contributed by atoms with van der Waals surface area (Å²) in [6.07, 6.45) is -0.296. The van der Waals surface area contributed by atoms with Crippen LogP contribution in [0.5, 0.6) is 0 Å². The number of hydrogen-bond donors (Lipinski definition) is 0. The molecule has 0 amide bonds. The van der Waals surface area contributed by atoms with Crippen LogP contribution >= 0.6 is 7.68 Å². The molecular weight excluding hydrogens is 322 g/mol. The summed E-state index contributed by atoms with van der Waals surface area (Å²) >= 11 is 0. The Hall–Kier alpha value is 0.769. The van der Waals surface area contributed by atoms with E-state index in [9.17, 15) is 8.76 Å². The summed E-state index contributed by atoms with van der Waals surface area (Å²) in [7, 11) is -3.72. The predicted octanol–water partition coefficient (Wildman–Crippen LogP) is 2.20. The van der Waals surface area contributed by atoms with Crippen LogP contribution in [-0.4, -0.2) is 12.8 Å². The average molecular weight is 332 g/mol. The molecule has 59 valence electrons. The van der Waals surface area contributed by atoms with E-state index in [0.29, 0.717) is 0 Å². The van der Waals surface area contributed by atoms with Crippen LogP contribution in [0.3, 0.4) is 0 Å². The van der Waals surface area contributed by atoms with Crippen LogP contribution in [0.4, 0.5) is 4.20 Å². The van der Waals surface area contributed by atoms with E-state index in [1.165, 1.54) is 0 Å². The normalized spacial score (nSPS) is 16.6. The SMILES string of the molecule is CC(C)OP(C)(=O)F.[Ir]. The molecule has 0 aromatic rings. The number of rotatable bonds is 2. The maximum Gasteiger partial charge on any atom is 0.364 e. The van der Waals surface area contributed by atoms with Crippen molar-refractivity contribution in [2.24, 2.45) is 0 Å². The van der Waals surface area contributed by atoms with Crippen LogP contribution < -0.4 is 0 Å². The summed E-state index contributed by atoms with van der Waals surface area (Å²) in [4.78, 5) is 0. The summed E-state index contributed by atoms with van der Waals surface area (Å²) in [5.41, 5.74) is 0. The molecule has 0 aromatic carbocycles. The van der Waals surface area contributed by atoms with Gasteiger partial charge in [0.1, 0.15) is 0 Å². The van der Waals surface area contributed by atoms with Gasteiger partial charge in [0, 0.05) is 26.8 Å². The van der Waals surface area contributed by atoms with Crippen LogP contribution in [0, 0.1) is 0 Å². The van der Waals surface area contributed by atoms with Gasteiger partial charge >= 0.3 is 7.68 Å². The molecule has 1 unspecified atom stereocenters. The minimum atomic E-state index is -3.72. The Morgan fingerprint density at radius 1 is 1.56 bits per heavy atom. The molecule has 0 bridgehead atoms. The van der Waals surface area contributed by atoms with E-state index in [2.05, 4.69) is 4.52 Å². The van der Waals surface area contributed by atoms with Gasteiger partial charge in [-0.1, -0.05) is 0 Å². The Morgan fingerprint density at radius 2 is 1.89 bits per heavy atom. The second-order valence-corrected chi connectivity index (χ2v) is 3.61. The minimum absolute atomic E-state index is 0. The first-order chi connectivity index (χ1) is 3.42. The van der Waals surface area contributed by atoms with Crippen molar-refractivity contribution in [1.82, 2.24) is 0 Å². The Kier molecular flexibility index (Phi) is 6.31. The maximum absolute atomic E-state index is 12.0. The van der Waals surface area contributed by atoms with E-state index in [-0.39, 0.29) is 26.2 Å². The minimum Gasteiger partial charge on any atom is -0.303 e. The van der Waals surface area contributed by atoms with Crippen molar-refractivity contribution in [2.75, 3.05) is 6.66 Å². The van der Waals surface area contributed by atoms with Crippen LogP contribution in [-0.2, 0) is 29.2 Å². The average Bonchev–Trinajstić information content (AvgIpc) is 1.21. The molecule has 2 nitrogen and oxygen atoms in total. The van der Waals surface area contributed by atoms with Gasteiger partial charge in [0.15, 0.2) is 0 Å². The van der Waals surface area contributed by atoms with Gasteiger partial charge in [-0.05, 0) is 13.8 Å². The zero-order chi connectivity index (χ0) is 6.78. The molecule has 0 aliphatic rings. The zero-order valence-corrected chi connectivity index (χ0v) is 8.84. The molecule has 9 heavy (non-hydrogen) atoms. The quantitative estimate of drug-likeness (QED) is 0.725. The van der Waals surface area contributed by atoms with Crippen molar-refractivity contribution in [3.8, 4) is 0 Å². The van der Waals surface area contributed by atoms with Gasteiger partial charge in [-0.25, -0.2) is 0 Å². The third-order valence-corrected chi connectivity index (χ3v) is 1.20. The third-order valence-electron chi connectivity index (χ3n) is 0.399. The molecule has 0 aliphatic carbocycles. The van der Waals surface area contributed by atoms with Crippen molar-refractivity contribution >= 4 is 7.68 Å². The van der Waals surface area contributed by atoms with Crippen LogP contribution in [0.25, 0.3) is 0 Å². The topological polar surface area (TPSA) is 26.3 Å². The molecule has 0 saturated carbocycles. The van der Waals surface area contributed by atoms with Gasteiger partial charge in [0.05, 0.1) is 6.10 Å². The molecule has 0 fully saturated rings. The van der Waals surface area contributed by atoms with Crippen molar-refractivity contribution in [2.45, 2.75) is 20.0 Å². The fraction of sp³-hybridized carbons (Fsp3) is 1.00. The molecule has 1 radical (unpaired) electrons. The summed E-state index contributed by atoms with van der Waals surface area (Å²) in [6.45, 7) is 4.22. The number of halogens is 1. The monoisotopic (exact) mass is 333 g/mol. The van der Waals surface area contributed by atoms with Gasteiger partial charge in [-0.3, -0.25) is 4.57 Å². The molecule has 0 aromatic heterocycles. The largest absolute Gasteiger partial charge is 0.364 e. The van der Waals surface area contributed by atoms with Crippen LogP contribution in [0.2, 0.25) is 0 Å². The van der Waals surface area contributed by atoms with Gasteiger partial charge in [0.2, 0.25) is 0 Å². The van der Waals surface area contributed by atoms with E-state index < -0.39 is 7.68 Å². The summed E-state index contributed by atoms with van der Waals surface area (Å²) in [5, 5.41) is 0. The van der Waals surface area contributed by atoms with E-state index in [1.54, 1.807) is 13.8 Å².